The number of nitriles is 1. The molecular formula is C24H28N4O2. The molecule has 0 saturated heterocycles. The number of anilines is 2. The summed E-state index contributed by atoms with van der Waals surface area (Å²) < 4.78 is 7.40. The molecule has 6 nitrogen and oxygen atoms in total. The summed E-state index contributed by atoms with van der Waals surface area (Å²) in [6.07, 6.45) is 1.62. The Bertz CT molecular complexity index is 1090. The van der Waals surface area contributed by atoms with Crippen molar-refractivity contribution in [3.63, 3.8) is 0 Å². The molecule has 2 heterocycles. The number of nitrogens with one attached hydrogen (secondary N) is 1. The van der Waals surface area contributed by atoms with Gasteiger partial charge in [0.05, 0.1) is 24.9 Å². The fourth-order valence-corrected chi connectivity index (χ4v) is 3.76. The van der Waals surface area contributed by atoms with Gasteiger partial charge < -0.3 is 19.2 Å². The largest absolute Gasteiger partial charge is 0.467 e. The summed E-state index contributed by atoms with van der Waals surface area (Å²) in [6.45, 7) is 11.3. The van der Waals surface area contributed by atoms with Gasteiger partial charge in [0.15, 0.2) is 0 Å². The number of benzene rings is 1. The zero-order valence-corrected chi connectivity index (χ0v) is 18.2. The number of rotatable bonds is 7. The number of aryl methyl sites for hydroxylation is 2. The third-order valence-corrected chi connectivity index (χ3v) is 5.50. The van der Waals surface area contributed by atoms with E-state index in [2.05, 4.69) is 43.4 Å². The van der Waals surface area contributed by atoms with E-state index in [1.165, 1.54) is 5.56 Å². The van der Waals surface area contributed by atoms with Crippen LogP contribution in [0.5, 0.6) is 0 Å². The minimum absolute atomic E-state index is 0.161. The van der Waals surface area contributed by atoms with Crippen LogP contribution in [-0.2, 0) is 11.3 Å². The van der Waals surface area contributed by atoms with Crippen molar-refractivity contribution in [3.05, 3.63) is 70.3 Å². The molecule has 30 heavy (non-hydrogen) atoms. The fraction of sp³-hybridized carbons (Fsp3) is 0.333. The monoisotopic (exact) mass is 404 g/mol. The molecule has 0 unspecified atom stereocenters. The van der Waals surface area contributed by atoms with Gasteiger partial charge in [-0.05, 0) is 63.9 Å². The Hall–Kier alpha value is -3.46. The summed E-state index contributed by atoms with van der Waals surface area (Å²) in [4.78, 5) is 15.0. The minimum Gasteiger partial charge on any atom is -0.467 e. The molecule has 0 spiro atoms. The molecule has 156 valence electrons. The number of hydrogen-bond acceptors (Lipinski definition) is 4. The highest BCUT2D eigenvalue weighted by molar-refractivity contribution is 5.95. The quantitative estimate of drug-likeness (QED) is 0.619. The maximum absolute atomic E-state index is 13.0. The van der Waals surface area contributed by atoms with Crippen LogP contribution in [0.4, 0.5) is 11.5 Å². The van der Waals surface area contributed by atoms with E-state index in [0.29, 0.717) is 24.5 Å². The highest BCUT2D eigenvalue weighted by Crippen LogP contribution is 2.28. The molecule has 0 fully saturated rings. The van der Waals surface area contributed by atoms with Gasteiger partial charge in [0.25, 0.3) is 0 Å². The molecule has 3 aromatic rings. The van der Waals surface area contributed by atoms with E-state index < -0.39 is 0 Å². The summed E-state index contributed by atoms with van der Waals surface area (Å²) in [5.74, 6) is 1.12. The van der Waals surface area contributed by atoms with E-state index in [1.54, 1.807) is 6.26 Å². The standard InChI is InChI=1S/C24H28N4O2/c1-6-27(22-10-9-16(2)12-17(22)3)15-23(29)26-24-21(13-25)18(4)19(5)28(24)14-20-8-7-11-30-20/h7-12H,6,14-15H2,1-5H3,(H,26,29). The lowest BCUT2D eigenvalue weighted by atomic mass is 10.1. The molecule has 0 saturated carbocycles. The fourth-order valence-electron chi connectivity index (χ4n) is 3.76. The number of hydrogen-bond donors (Lipinski definition) is 1. The lowest BCUT2D eigenvalue weighted by Gasteiger charge is -2.25. The first kappa shape index (κ1) is 21.3. The molecule has 0 aliphatic heterocycles. The normalized spacial score (nSPS) is 10.7. The summed E-state index contributed by atoms with van der Waals surface area (Å²) in [7, 11) is 0. The van der Waals surface area contributed by atoms with Gasteiger partial charge in [0, 0.05) is 17.9 Å². The molecule has 1 N–H and O–H groups in total. The van der Waals surface area contributed by atoms with Gasteiger partial charge in [0.2, 0.25) is 5.91 Å². The van der Waals surface area contributed by atoms with Crippen LogP contribution >= 0.6 is 0 Å². The van der Waals surface area contributed by atoms with Gasteiger partial charge in [0.1, 0.15) is 17.6 Å². The van der Waals surface area contributed by atoms with E-state index >= 15 is 0 Å². The van der Waals surface area contributed by atoms with Crippen LogP contribution in [0.25, 0.3) is 0 Å². The Balaban J connectivity index is 1.86. The molecule has 0 aliphatic carbocycles. The van der Waals surface area contributed by atoms with Crippen LogP contribution in [-0.4, -0.2) is 23.6 Å². The van der Waals surface area contributed by atoms with E-state index in [0.717, 1.165) is 28.3 Å². The zero-order chi connectivity index (χ0) is 21.8. The number of amides is 1. The van der Waals surface area contributed by atoms with Gasteiger partial charge >= 0.3 is 0 Å². The molecule has 1 amide bonds. The Morgan fingerprint density at radius 1 is 1.23 bits per heavy atom. The first-order chi connectivity index (χ1) is 14.3. The van der Waals surface area contributed by atoms with Crippen molar-refractivity contribution >= 4 is 17.4 Å². The highest BCUT2D eigenvalue weighted by atomic mass is 16.3. The lowest BCUT2D eigenvalue weighted by Crippen LogP contribution is -2.34. The molecule has 6 heteroatoms. The summed E-state index contributed by atoms with van der Waals surface area (Å²) in [6, 6.07) is 12.2. The predicted octanol–water partition coefficient (Wildman–Crippen LogP) is 4.70. The van der Waals surface area contributed by atoms with Crippen molar-refractivity contribution in [2.75, 3.05) is 23.3 Å². The molecule has 1 aromatic carbocycles. The second-order valence-corrected chi connectivity index (χ2v) is 7.56. The number of carbonyl (C=O) groups excluding carboxylic acids is 1. The summed E-state index contributed by atoms with van der Waals surface area (Å²) in [5, 5.41) is 12.7. The second-order valence-electron chi connectivity index (χ2n) is 7.56. The highest BCUT2D eigenvalue weighted by Gasteiger charge is 2.21. The van der Waals surface area contributed by atoms with Crippen LogP contribution in [0.2, 0.25) is 0 Å². The van der Waals surface area contributed by atoms with Gasteiger partial charge in [-0.3, -0.25) is 4.79 Å². The van der Waals surface area contributed by atoms with E-state index in [-0.39, 0.29) is 12.5 Å². The molecule has 0 radical (unpaired) electrons. The minimum atomic E-state index is -0.161. The maximum atomic E-state index is 13.0. The third kappa shape index (κ3) is 4.25. The summed E-state index contributed by atoms with van der Waals surface area (Å²) in [5.41, 5.74) is 5.65. The number of nitrogens with zero attached hydrogens (tertiary/aromatic N) is 3. The average Bonchev–Trinajstić information content (AvgIpc) is 3.29. The van der Waals surface area contributed by atoms with Gasteiger partial charge in [-0.15, -0.1) is 0 Å². The Labute approximate surface area is 177 Å². The van der Waals surface area contributed by atoms with Crippen molar-refractivity contribution in [2.45, 2.75) is 41.2 Å². The van der Waals surface area contributed by atoms with Crippen LogP contribution in [0.15, 0.2) is 41.0 Å². The van der Waals surface area contributed by atoms with Crippen LogP contribution in [0.3, 0.4) is 0 Å². The Morgan fingerprint density at radius 2 is 2.00 bits per heavy atom. The van der Waals surface area contributed by atoms with E-state index in [9.17, 15) is 10.1 Å². The maximum Gasteiger partial charge on any atom is 0.245 e. The van der Waals surface area contributed by atoms with Gasteiger partial charge in [-0.25, -0.2) is 0 Å². The summed E-state index contributed by atoms with van der Waals surface area (Å²) >= 11 is 0. The van der Waals surface area contributed by atoms with Crippen molar-refractivity contribution in [1.29, 1.82) is 5.26 Å². The molecule has 2 aromatic heterocycles. The number of aromatic nitrogens is 1. The first-order valence-electron chi connectivity index (χ1n) is 10.1. The van der Waals surface area contributed by atoms with Crippen molar-refractivity contribution in [3.8, 4) is 6.07 Å². The third-order valence-electron chi connectivity index (χ3n) is 5.50. The van der Waals surface area contributed by atoms with Crippen LogP contribution < -0.4 is 10.2 Å². The second kappa shape index (κ2) is 8.91. The van der Waals surface area contributed by atoms with Crippen LogP contribution in [0, 0.1) is 39.0 Å². The molecule has 0 atom stereocenters. The molecular weight excluding hydrogens is 376 g/mol. The topological polar surface area (TPSA) is 74.2 Å². The van der Waals surface area contributed by atoms with Crippen LogP contribution in [0.1, 0.15) is 40.6 Å². The van der Waals surface area contributed by atoms with E-state index in [1.807, 2.05) is 42.4 Å². The lowest BCUT2D eigenvalue weighted by molar-refractivity contribution is -0.115. The van der Waals surface area contributed by atoms with E-state index in [4.69, 9.17) is 4.42 Å². The van der Waals surface area contributed by atoms with Crippen molar-refractivity contribution in [2.24, 2.45) is 0 Å². The SMILES string of the molecule is CCN(CC(=O)Nc1c(C#N)c(C)c(C)n1Cc1ccco1)c1ccc(C)cc1C. The number of carbonyl (C=O) groups is 1. The van der Waals surface area contributed by atoms with Crippen molar-refractivity contribution < 1.29 is 9.21 Å². The Morgan fingerprint density at radius 3 is 2.60 bits per heavy atom. The average molecular weight is 405 g/mol. The van der Waals surface area contributed by atoms with Gasteiger partial charge in [-0.1, -0.05) is 17.7 Å². The first-order valence-corrected chi connectivity index (χ1v) is 10.1. The number of furan rings is 1. The smallest absolute Gasteiger partial charge is 0.245 e. The van der Waals surface area contributed by atoms with Crippen molar-refractivity contribution in [1.82, 2.24) is 4.57 Å². The molecule has 0 bridgehead atoms. The molecule has 3 rings (SSSR count). The predicted molar refractivity (Wildman–Crippen MR) is 119 cm³/mol. The molecule has 0 aliphatic rings. The Kier molecular flexibility index (Phi) is 6.31. The zero-order valence-electron chi connectivity index (χ0n) is 18.2. The van der Waals surface area contributed by atoms with Gasteiger partial charge in [-0.2, -0.15) is 5.26 Å². The number of likely N-dealkylation sites (N-methyl/N-ethyl adjacent to an activating group) is 1.